The van der Waals surface area contributed by atoms with Crippen molar-refractivity contribution < 1.29 is 10.0 Å². The number of nitrogens with zero attached hydrogens (tertiary/aromatic N) is 4. The second kappa shape index (κ2) is 3.93. The van der Waals surface area contributed by atoms with Gasteiger partial charge in [0.1, 0.15) is 11.3 Å². The van der Waals surface area contributed by atoms with Gasteiger partial charge in [-0.3, -0.25) is 10.1 Å². The van der Waals surface area contributed by atoms with Crippen LogP contribution >= 0.6 is 0 Å². The zero-order valence-corrected chi connectivity index (χ0v) is 11.2. The number of anilines is 1. The molecule has 7 nitrogen and oxygen atoms in total. The summed E-state index contributed by atoms with van der Waals surface area (Å²) in [6.45, 7) is 2.80. The van der Waals surface area contributed by atoms with Crippen molar-refractivity contribution in [3.05, 3.63) is 15.8 Å². The van der Waals surface area contributed by atoms with Crippen LogP contribution in [0.1, 0.15) is 25.5 Å². The van der Waals surface area contributed by atoms with Gasteiger partial charge < -0.3 is 10.0 Å². The topological polar surface area (TPSA) is 84.4 Å². The predicted octanol–water partition coefficient (Wildman–Crippen LogP) is 0.852. The van der Waals surface area contributed by atoms with E-state index >= 15 is 0 Å². The second-order valence-electron chi connectivity index (χ2n) is 5.59. The van der Waals surface area contributed by atoms with Crippen molar-refractivity contribution in [1.82, 2.24) is 9.78 Å². The molecule has 1 saturated heterocycles. The van der Waals surface area contributed by atoms with Gasteiger partial charge >= 0.3 is 5.69 Å². The molecule has 0 spiro atoms. The summed E-state index contributed by atoms with van der Waals surface area (Å²) in [5.74, 6) is 0.897. The summed E-state index contributed by atoms with van der Waals surface area (Å²) >= 11 is 0. The van der Waals surface area contributed by atoms with Gasteiger partial charge in [-0.1, -0.05) is 6.92 Å². The Bertz CT molecular complexity index is 529. The number of hydrogen-bond acceptors (Lipinski definition) is 5. The molecule has 2 heterocycles. The van der Waals surface area contributed by atoms with E-state index in [2.05, 4.69) is 5.10 Å². The lowest BCUT2D eigenvalue weighted by atomic mass is 9.88. The normalized spacial score (nSPS) is 21.3. The number of β-amino-alcohol motifs (C(OH)–C–C–N with tert-alkyl or cyclic N) is 1. The molecule has 0 bridgehead atoms. The van der Waals surface area contributed by atoms with Gasteiger partial charge in [0.15, 0.2) is 0 Å². The van der Waals surface area contributed by atoms with Crippen LogP contribution in [0.5, 0.6) is 0 Å². The summed E-state index contributed by atoms with van der Waals surface area (Å²) in [5, 5.41) is 25.8. The largest absolute Gasteiger partial charge is 0.386 e. The standard InChI is InChI=1S/C12H18N4O3/c1-3-9-10(16(18)19)11(14(2)13-9)15-6-12(17,7-15)8-4-5-8/h8,17H,3-7H2,1-2H3. The van der Waals surface area contributed by atoms with E-state index in [-0.39, 0.29) is 10.6 Å². The van der Waals surface area contributed by atoms with Crippen molar-refractivity contribution in [2.45, 2.75) is 31.8 Å². The molecule has 19 heavy (non-hydrogen) atoms. The average Bonchev–Trinajstić information content (AvgIpc) is 3.09. The fourth-order valence-electron chi connectivity index (χ4n) is 2.98. The summed E-state index contributed by atoms with van der Waals surface area (Å²) in [6, 6.07) is 0. The van der Waals surface area contributed by atoms with Gasteiger partial charge in [0, 0.05) is 7.05 Å². The Balaban J connectivity index is 1.89. The lowest BCUT2D eigenvalue weighted by Crippen LogP contribution is -2.63. The quantitative estimate of drug-likeness (QED) is 0.645. The van der Waals surface area contributed by atoms with E-state index in [4.69, 9.17) is 0 Å². The molecular formula is C12H18N4O3. The molecule has 3 rings (SSSR count). The highest BCUT2D eigenvalue weighted by Gasteiger charge is 2.53. The second-order valence-corrected chi connectivity index (χ2v) is 5.59. The number of aromatic nitrogens is 2. The Morgan fingerprint density at radius 2 is 2.16 bits per heavy atom. The van der Waals surface area contributed by atoms with Crippen LogP contribution in [0.4, 0.5) is 11.5 Å². The molecule has 2 fully saturated rings. The van der Waals surface area contributed by atoms with Gasteiger partial charge in [-0.25, -0.2) is 4.68 Å². The molecule has 104 valence electrons. The van der Waals surface area contributed by atoms with E-state index in [0.29, 0.717) is 36.9 Å². The predicted molar refractivity (Wildman–Crippen MR) is 69.1 cm³/mol. The Kier molecular flexibility index (Phi) is 2.57. The summed E-state index contributed by atoms with van der Waals surface area (Å²) in [7, 11) is 1.72. The Hall–Kier alpha value is -1.63. The average molecular weight is 266 g/mol. The number of hydrogen-bond donors (Lipinski definition) is 1. The first-order chi connectivity index (χ1) is 8.96. The molecule has 0 aromatic carbocycles. The third kappa shape index (κ3) is 1.80. The van der Waals surface area contributed by atoms with Crippen LogP contribution in [0.2, 0.25) is 0 Å². The maximum absolute atomic E-state index is 11.2. The number of aliphatic hydroxyl groups is 1. The zero-order valence-electron chi connectivity index (χ0n) is 11.2. The van der Waals surface area contributed by atoms with Crippen molar-refractivity contribution in [3.63, 3.8) is 0 Å². The summed E-state index contributed by atoms with van der Waals surface area (Å²) in [4.78, 5) is 12.7. The maximum Gasteiger partial charge on any atom is 0.334 e. The van der Waals surface area contributed by atoms with E-state index < -0.39 is 5.60 Å². The van der Waals surface area contributed by atoms with Crippen LogP contribution < -0.4 is 4.90 Å². The van der Waals surface area contributed by atoms with Crippen LogP contribution in [0, 0.1) is 16.0 Å². The lowest BCUT2D eigenvalue weighted by molar-refractivity contribution is -0.385. The van der Waals surface area contributed by atoms with Crippen molar-refractivity contribution in [3.8, 4) is 0 Å². The van der Waals surface area contributed by atoms with E-state index in [9.17, 15) is 15.2 Å². The molecule has 2 aliphatic rings. The third-order valence-electron chi connectivity index (χ3n) is 4.15. The molecule has 0 radical (unpaired) electrons. The minimum atomic E-state index is -0.648. The highest BCUT2D eigenvalue weighted by atomic mass is 16.6. The molecule has 1 aliphatic heterocycles. The molecule has 0 atom stereocenters. The van der Waals surface area contributed by atoms with Crippen LogP contribution in [0.25, 0.3) is 0 Å². The van der Waals surface area contributed by atoms with Crippen LogP contribution in [0.15, 0.2) is 0 Å². The zero-order chi connectivity index (χ0) is 13.8. The third-order valence-corrected chi connectivity index (χ3v) is 4.15. The SMILES string of the molecule is CCc1nn(C)c(N2CC(O)(C3CC3)C2)c1[N+](=O)[O-]. The van der Waals surface area contributed by atoms with E-state index in [1.807, 2.05) is 11.8 Å². The van der Waals surface area contributed by atoms with Crippen LogP contribution in [-0.2, 0) is 13.5 Å². The molecule has 7 heteroatoms. The first-order valence-corrected chi connectivity index (χ1v) is 6.64. The van der Waals surface area contributed by atoms with E-state index in [1.54, 1.807) is 11.7 Å². The summed E-state index contributed by atoms with van der Waals surface area (Å²) in [6.07, 6.45) is 2.67. The summed E-state index contributed by atoms with van der Waals surface area (Å²) < 4.78 is 1.56. The van der Waals surface area contributed by atoms with E-state index in [0.717, 1.165) is 12.8 Å². The Labute approximate surface area is 111 Å². The van der Waals surface area contributed by atoms with Crippen molar-refractivity contribution in [1.29, 1.82) is 0 Å². The first-order valence-electron chi connectivity index (χ1n) is 6.64. The number of aryl methyl sites for hydroxylation is 2. The van der Waals surface area contributed by atoms with Crippen LogP contribution in [-0.4, -0.2) is 38.5 Å². The van der Waals surface area contributed by atoms with Gasteiger partial charge in [-0.2, -0.15) is 5.10 Å². The number of nitro groups is 1. The van der Waals surface area contributed by atoms with Crippen molar-refractivity contribution >= 4 is 11.5 Å². The van der Waals surface area contributed by atoms with Gasteiger partial charge in [-0.15, -0.1) is 0 Å². The fraction of sp³-hybridized carbons (Fsp3) is 0.750. The fourth-order valence-corrected chi connectivity index (χ4v) is 2.98. The minimum Gasteiger partial charge on any atom is -0.386 e. The van der Waals surface area contributed by atoms with Gasteiger partial charge in [0.2, 0.25) is 5.82 Å². The van der Waals surface area contributed by atoms with Crippen molar-refractivity contribution in [2.24, 2.45) is 13.0 Å². The minimum absolute atomic E-state index is 0.0860. The Morgan fingerprint density at radius 1 is 1.53 bits per heavy atom. The lowest BCUT2D eigenvalue weighted by Gasteiger charge is -2.47. The first kappa shape index (κ1) is 12.4. The molecular weight excluding hydrogens is 248 g/mol. The smallest absolute Gasteiger partial charge is 0.334 e. The molecule has 1 aliphatic carbocycles. The molecule has 0 amide bonds. The van der Waals surface area contributed by atoms with E-state index in [1.165, 1.54) is 0 Å². The molecule has 0 unspecified atom stereocenters. The molecule has 1 N–H and O–H groups in total. The maximum atomic E-state index is 11.2. The van der Waals surface area contributed by atoms with Gasteiger partial charge in [0.05, 0.1) is 18.0 Å². The highest BCUT2D eigenvalue weighted by molar-refractivity contribution is 5.63. The van der Waals surface area contributed by atoms with Crippen LogP contribution in [0.3, 0.4) is 0 Å². The summed E-state index contributed by atoms with van der Waals surface area (Å²) in [5.41, 5.74) is -0.0583. The highest BCUT2D eigenvalue weighted by Crippen LogP contribution is 2.47. The molecule has 1 aromatic heterocycles. The van der Waals surface area contributed by atoms with Gasteiger partial charge in [0.25, 0.3) is 0 Å². The molecule has 1 saturated carbocycles. The van der Waals surface area contributed by atoms with Gasteiger partial charge in [-0.05, 0) is 25.2 Å². The molecule has 1 aromatic rings. The Morgan fingerprint density at radius 3 is 2.63 bits per heavy atom. The van der Waals surface area contributed by atoms with Crippen molar-refractivity contribution in [2.75, 3.05) is 18.0 Å². The number of rotatable bonds is 4. The monoisotopic (exact) mass is 266 g/mol.